The van der Waals surface area contributed by atoms with E-state index in [1.54, 1.807) is 4.90 Å². The van der Waals surface area contributed by atoms with Gasteiger partial charge in [-0.05, 0) is 31.2 Å². The molecule has 8 heteroatoms. The molecule has 0 N–H and O–H groups in total. The Morgan fingerprint density at radius 2 is 1.76 bits per heavy atom. The van der Waals surface area contributed by atoms with Crippen LogP contribution in [0.25, 0.3) is 0 Å². The van der Waals surface area contributed by atoms with E-state index in [1.807, 2.05) is 54.3 Å². The van der Waals surface area contributed by atoms with E-state index in [-0.39, 0.29) is 30.3 Å². The third-order valence-electron chi connectivity index (χ3n) is 6.51. The largest absolute Gasteiger partial charge is 0.490 e. The van der Waals surface area contributed by atoms with E-state index in [0.29, 0.717) is 51.0 Å². The maximum Gasteiger partial charge on any atom is 0.228 e. The van der Waals surface area contributed by atoms with Gasteiger partial charge in [-0.2, -0.15) is 0 Å². The Balaban J connectivity index is 1.17. The number of ether oxygens (including phenoxy) is 4. The number of fused-ring (bicyclic) bond motifs is 1. The minimum absolute atomic E-state index is 0.0325. The summed E-state index contributed by atoms with van der Waals surface area (Å²) in [5.74, 6) is 2.47. The molecule has 0 bridgehead atoms. The van der Waals surface area contributed by atoms with Crippen LogP contribution in [0.5, 0.6) is 23.0 Å². The zero-order valence-corrected chi connectivity index (χ0v) is 19.4. The Bertz CT molecular complexity index is 1050. The lowest BCUT2D eigenvalue weighted by atomic mass is 10.0. The topological polar surface area (TPSA) is 77.5 Å². The van der Waals surface area contributed by atoms with Crippen molar-refractivity contribution in [3.63, 3.8) is 0 Å². The van der Waals surface area contributed by atoms with Gasteiger partial charge in [-0.3, -0.25) is 9.59 Å². The van der Waals surface area contributed by atoms with Crippen LogP contribution >= 0.6 is 0 Å². The molecule has 2 fully saturated rings. The summed E-state index contributed by atoms with van der Waals surface area (Å²) in [5.41, 5.74) is 0.740. The molecule has 3 aliphatic rings. The highest BCUT2D eigenvalue weighted by Gasteiger charge is 2.38. The number of anilines is 1. The summed E-state index contributed by atoms with van der Waals surface area (Å²) < 4.78 is 23.0. The zero-order valence-electron chi connectivity index (χ0n) is 19.4. The van der Waals surface area contributed by atoms with Gasteiger partial charge in [0.15, 0.2) is 23.0 Å². The van der Waals surface area contributed by atoms with Crippen molar-refractivity contribution in [2.24, 2.45) is 5.92 Å². The third kappa shape index (κ3) is 4.62. The minimum atomic E-state index is -0.336. The van der Waals surface area contributed by atoms with Gasteiger partial charge >= 0.3 is 0 Å². The van der Waals surface area contributed by atoms with Crippen LogP contribution in [0, 0.1) is 5.92 Å². The molecular formula is C26H30N2O6. The molecule has 180 valence electrons. The van der Waals surface area contributed by atoms with Crippen LogP contribution in [0.1, 0.15) is 26.2 Å². The van der Waals surface area contributed by atoms with Crippen molar-refractivity contribution in [1.29, 1.82) is 0 Å². The molecule has 5 rings (SSSR count). The lowest BCUT2D eigenvalue weighted by Crippen LogP contribution is -2.44. The second-order valence-corrected chi connectivity index (χ2v) is 8.76. The van der Waals surface area contributed by atoms with E-state index in [2.05, 4.69) is 0 Å². The van der Waals surface area contributed by atoms with Crippen molar-refractivity contribution >= 4 is 17.5 Å². The number of carbonyl (C=O) groups is 2. The number of rotatable bonds is 6. The number of nitrogens with zero attached hydrogens (tertiary/aromatic N) is 2. The van der Waals surface area contributed by atoms with E-state index in [0.717, 1.165) is 30.0 Å². The first-order valence-electron chi connectivity index (χ1n) is 12.0. The molecule has 1 atom stereocenters. The minimum Gasteiger partial charge on any atom is -0.490 e. The van der Waals surface area contributed by atoms with Crippen molar-refractivity contribution in [3.05, 3.63) is 42.5 Å². The van der Waals surface area contributed by atoms with E-state index in [1.165, 1.54) is 0 Å². The number of amides is 2. The molecule has 2 amide bonds. The molecule has 3 aliphatic heterocycles. The maximum atomic E-state index is 13.2. The fourth-order valence-corrected chi connectivity index (χ4v) is 4.78. The van der Waals surface area contributed by atoms with Crippen LogP contribution in [0.15, 0.2) is 42.5 Å². The molecule has 8 nitrogen and oxygen atoms in total. The number of carbonyl (C=O) groups excluding carboxylic acids is 2. The first kappa shape index (κ1) is 22.4. The van der Waals surface area contributed by atoms with Gasteiger partial charge in [0.2, 0.25) is 11.8 Å². The van der Waals surface area contributed by atoms with Crippen LogP contribution in [0.4, 0.5) is 5.69 Å². The van der Waals surface area contributed by atoms with Crippen molar-refractivity contribution in [2.45, 2.75) is 32.3 Å². The summed E-state index contributed by atoms with van der Waals surface area (Å²) >= 11 is 0. The summed E-state index contributed by atoms with van der Waals surface area (Å²) in [6.45, 7) is 5.16. The third-order valence-corrected chi connectivity index (χ3v) is 6.51. The highest BCUT2D eigenvalue weighted by atomic mass is 16.6. The molecule has 0 aromatic heterocycles. The number of piperidine rings is 1. The molecule has 0 spiro atoms. The van der Waals surface area contributed by atoms with Gasteiger partial charge in [0.1, 0.15) is 19.3 Å². The van der Waals surface area contributed by atoms with Gasteiger partial charge < -0.3 is 28.7 Å². The van der Waals surface area contributed by atoms with Crippen LogP contribution in [-0.2, 0) is 9.59 Å². The lowest BCUT2D eigenvalue weighted by Gasteiger charge is -2.33. The van der Waals surface area contributed by atoms with Crippen LogP contribution in [-0.4, -0.2) is 62.3 Å². The average Bonchev–Trinajstić information content (AvgIpc) is 3.26. The SMILES string of the molecule is CCOc1ccccc1OC1CCN(C(=O)C2CC(=O)N(c3ccc4c(c3)OCCO4)C2)CC1. The van der Waals surface area contributed by atoms with Crippen LogP contribution in [0.3, 0.4) is 0 Å². The summed E-state index contributed by atoms with van der Waals surface area (Å²) in [7, 11) is 0. The Morgan fingerprint density at radius 1 is 1.03 bits per heavy atom. The second kappa shape index (κ2) is 9.83. The molecule has 0 saturated carbocycles. The Labute approximate surface area is 199 Å². The van der Waals surface area contributed by atoms with E-state index in [4.69, 9.17) is 18.9 Å². The van der Waals surface area contributed by atoms with Gasteiger partial charge in [-0.25, -0.2) is 0 Å². The van der Waals surface area contributed by atoms with Crippen molar-refractivity contribution in [1.82, 2.24) is 4.90 Å². The lowest BCUT2D eigenvalue weighted by molar-refractivity contribution is -0.137. The first-order chi connectivity index (χ1) is 16.6. The zero-order chi connectivity index (χ0) is 23.5. The fraction of sp³-hybridized carbons (Fsp3) is 0.462. The molecule has 2 saturated heterocycles. The molecule has 2 aromatic carbocycles. The molecule has 2 aromatic rings. The van der Waals surface area contributed by atoms with Crippen molar-refractivity contribution in [3.8, 4) is 23.0 Å². The number of likely N-dealkylation sites (tertiary alicyclic amines) is 1. The molecule has 34 heavy (non-hydrogen) atoms. The molecule has 3 heterocycles. The van der Waals surface area contributed by atoms with Crippen LogP contribution in [0.2, 0.25) is 0 Å². The monoisotopic (exact) mass is 466 g/mol. The van der Waals surface area contributed by atoms with Crippen LogP contribution < -0.4 is 23.8 Å². The maximum absolute atomic E-state index is 13.2. The smallest absolute Gasteiger partial charge is 0.228 e. The molecule has 0 aliphatic carbocycles. The molecule has 0 radical (unpaired) electrons. The summed E-state index contributed by atoms with van der Waals surface area (Å²) in [6.07, 6.45) is 1.76. The summed E-state index contributed by atoms with van der Waals surface area (Å²) in [4.78, 5) is 29.5. The predicted octanol–water partition coefficient (Wildman–Crippen LogP) is 3.28. The fourth-order valence-electron chi connectivity index (χ4n) is 4.78. The number of hydrogen-bond acceptors (Lipinski definition) is 6. The highest BCUT2D eigenvalue weighted by Crippen LogP contribution is 2.36. The molecule has 1 unspecified atom stereocenters. The van der Waals surface area contributed by atoms with E-state index in [9.17, 15) is 9.59 Å². The van der Waals surface area contributed by atoms with Gasteiger partial charge in [-0.1, -0.05) is 12.1 Å². The normalized spacial score (nSPS) is 20.4. The van der Waals surface area contributed by atoms with Crippen molar-refractivity contribution < 1.29 is 28.5 Å². The molecular weight excluding hydrogens is 436 g/mol. The number of benzene rings is 2. The predicted molar refractivity (Wildman–Crippen MR) is 126 cm³/mol. The Morgan fingerprint density at radius 3 is 2.53 bits per heavy atom. The average molecular weight is 467 g/mol. The summed E-state index contributed by atoms with van der Waals surface area (Å²) in [6, 6.07) is 13.2. The first-order valence-corrected chi connectivity index (χ1v) is 12.0. The van der Waals surface area contributed by atoms with Gasteiger partial charge in [0.05, 0.1) is 12.5 Å². The quantitative estimate of drug-likeness (QED) is 0.650. The standard InChI is InChI=1S/C26H30N2O6/c1-2-31-21-5-3-4-6-23(21)34-20-9-11-27(12-10-20)26(30)18-15-25(29)28(17-18)19-7-8-22-24(16-19)33-14-13-32-22/h3-8,16,18,20H,2,9-15,17H2,1H3. The van der Waals surface area contributed by atoms with Gasteiger partial charge in [0, 0.05) is 50.7 Å². The number of para-hydroxylation sites is 2. The van der Waals surface area contributed by atoms with E-state index >= 15 is 0 Å². The van der Waals surface area contributed by atoms with Gasteiger partial charge in [0.25, 0.3) is 0 Å². The highest BCUT2D eigenvalue weighted by molar-refractivity contribution is 6.00. The Hall–Kier alpha value is -3.42. The number of hydrogen-bond donors (Lipinski definition) is 0. The van der Waals surface area contributed by atoms with Gasteiger partial charge in [-0.15, -0.1) is 0 Å². The summed E-state index contributed by atoms with van der Waals surface area (Å²) in [5, 5.41) is 0. The second-order valence-electron chi connectivity index (χ2n) is 8.76. The van der Waals surface area contributed by atoms with Crippen molar-refractivity contribution in [2.75, 3.05) is 44.4 Å². The Kier molecular flexibility index (Phi) is 6.47. The van der Waals surface area contributed by atoms with E-state index < -0.39 is 0 Å².